The van der Waals surface area contributed by atoms with Crippen molar-refractivity contribution in [2.75, 3.05) is 7.11 Å². The summed E-state index contributed by atoms with van der Waals surface area (Å²) in [7, 11) is 1.64. The van der Waals surface area contributed by atoms with Crippen LogP contribution in [0.25, 0.3) is 16.6 Å². The molecule has 5 rings (SSSR count). The average molecular weight is 474 g/mol. The summed E-state index contributed by atoms with van der Waals surface area (Å²) in [5.41, 5.74) is 6.55. The predicted octanol–water partition coefficient (Wildman–Crippen LogP) is 6.26. The summed E-state index contributed by atoms with van der Waals surface area (Å²) in [5.74, 6) is 0.830. The Balaban J connectivity index is 1.61. The van der Waals surface area contributed by atoms with Gasteiger partial charge in [0, 0.05) is 36.4 Å². The van der Waals surface area contributed by atoms with Gasteiger partial charge in [0.1, 0.15) is 36.1 Å². The molecule has 4 aromatic rings. The van der Waals surface area contributed by atoms with E-state index in [1.807, 2.05) is 30.3 Å². The van der Waals surface area contributed by atoms with Gasteiger partial charge in [-0.3, -0.25) is 0 Å². The van der Waals surface area contributed by atoms with Crippen LogP contribution in [0.3, 0.4) is 0 Å². The third kappa shape index (κ3) is 3.83. The number of methoxy groups -OCH3 is 1. The van der Waals surface area contributed by atoms with E-state index in [-0.39, 0.29) is 12.4 Å². The molecule has 0 aliphatic carbocycles. The Hall–Kier alpha value is -3.66. The van der Waals surface area contributed by atoms with Crippen molar-refractivity contribution in [1.29, 1.82) is 5.26 Å². The normalized spacial score (nSPS) is 14.1. The summed E-state index contributed by atoms with van der Waals surface area (Å²) in [6, 6.07) is 18.5. The van der Waals surface area contributed by atoms with Crippen molar-refractivity contribution in [2.24, 2.45) is 0 Å². The molecule has 0 spiro atoms. The lowest BCUT2D eigenvalue weighted by Gasteiger charge is -2.14. The highest BCUT2D eigenvalue weighted by atomic mass is 35.5. The van der Waals surface area contributed by atoms with E-state index in [1.54, 1.807) is 20.1 Å². The zero-order valence-electron chi connectivity index (χ0n) is 18.7. The summed E-state index contributed by atoms with van der Waals surface area (Å²) < 4.78 is 27.3. The van der Waals surface area contributed by atoms with Gasteiger partial charge in [0.25, 0.3) is 0 Å². The van der Waals surface area contributed by atoms with Crippen molar-refractivity contribution in [1.82, 2.24) is 9.55 Å². The van der Waals surface area contributed by atoms with Crippen LogP contribution in [-0.4, -0.2) is 16.7 Å². The quantitative estimate of drug-likeness (QED) is 0.328. The van der Waals surface area contributed by atoms with Crippen molar-refractivity contribution in [2.45, 2.75) is 26.7 Å². The number of fused-ring (bicyclic) bond motifs is 3. The molecule has 0 fully saturated rings. The number of imidazole rings is 1. The molecule has 0 saturated carbocycles. The number of ether oxygens (including phenoxy) is 2. The number of para-hydroxylation sites is 1. The minimum atomic E-state index is -0.379. The fraction of sp³-hybridized carbons (Fsp3) is 0.185. The fourth-order valence-electron chi connectivity index (χ4n) is 4.45. The van der Waals surface area contributed by atoms with E-state index < -0.39 is 0 Å². The van der Waals surface area contributed by atoms with E-state index in [4.69, 9.17) is 21.1 Å². The Bertz CT molecular complexity index is 1500. The van der Waals surface area contributed by atoms with Gasteiger partial charge in [-0.1, -0.05) is 29.8 Å². The second-order valence-electron chi connectivity index (χ2n) is 8.19. The second kappa shape index (κ2) is 8.94. The van der Waals surface area contributed by atoms with Gasteiger partial charge in [-0.2, -0.15) is 5.26 Å². The monoisotopic (exact) mass is 473 g/mol. The van der Waals surface area contributed by atoms with Gasteiger partial charge < -0.3 is 14.0 Å². The van der Waals surface area contributed by atoms with E-state index in [0.717, 1.165) is 39.1 Å². The van der Waals surface area contributed by atoms with E-state index in [9.17, 15) is 9.65 Å². The number of halogens is 2. The number of rotatable bonds is 4. The summed E-state index contributed by atoms with van der Waals surface area (Å²) >= 11 is 6.38. The SMILES string of the molecule is COCc1nc2c(Cl)cccc2n1Cc1ccc2c(c1)COc1cc(F)ccc1/C2=C(/C)C#N. The average Bonchev–Trinajstić information content (AvgIpc) is 3.09. The van der Waals surface area contributed by atoms with Crippen LogP contribution >= 0.6 is 11.6 Å². The molecule has 0 bridgehead atoms. The topological polar surface area (TPSA) is 60.1 Å². The minimum Gasteiger partial charge on any atom is -0.488 e. The Labute approximate surface area is 201 Å². The molecule has 1 aromatic heterocycles. The molecule has 0 saturated heterocycles. The lowest BCUT2D eigenvalue weighted by Crippen LogP contribution is -2.07. The summed E-state index contributed by atoms with van der Waals surface area (Å²) in [5, 5.41) is 10.3. The number of aromatic nitrogens is 2. The lowest BCUT2D eigenvalue weighted by atomic mass is 9.90. The smallest absolute Gasteiger partial charge is 0.136 e. The first-order valence-electron chi connectivity index (χ1n) is 10.8. The summed E-state index contributed by atoms with van der Waals surface area (Å²) in [6.07, 6.45) is 0. The van der Waals surface area contributed by atoms with Crippen molar-refractivity contribution >= 4 is 28.2 Å². The van der Waals surface area contributed by atoms with Gasteiger partial charge in [-0.15, -0.1) is 0 Å². The number of benzene rings is 3. The van der Waals surface area contributed by atoms with Gasteiger partial charge >= 0.3 is 0 Å². The van der Waals surface area contributed by atoms with Crippen molar-refractivity contribution < 1.29 is 13.9 Å². The molecule has 0 radical (unpaired) electrons. The number of nitrogens with zero attached hydrogens (tertiary/aromatic N) is 3. The maximum absolute atomic E-state index is 13.9. The highest BCUT2D eigenvalue weighted by molar-refractivity contribution is 6.34. The van der Waals surface area contributed by atoms with Gasteiger partial charge in [0.2, 0.25) is 0 Å². The molecule has 1 aliphatic rings. The molecule has 3 aromatic carbocycles. The predicted molar refractivity (Wildman–Crippen MR) is 129 cm³/mol. The summed E-state index contributed by atoms with van der Waals surface area (Å²) in [4.78, 5) is 4.68. The Morgan fingerprint density at radius 1 is 1.21 bits per heavy atom. The lowest BCUT2D eigenvalue weighted by molar-refractivity contribution is 0.175. The van der Waals surface area contributed by atoms with Gasteiger partial charge in [-0.25, -0.2) is 9.37 Å². The van der Waals surface area contributed by atoms with E-state index >= 15 is 0 Å². The Morgan fingerprint density at radius 2 is 2.03 bits per heavy atom. The van der Waals surface area contributed by atoms with Crippen LogP contribution < -0.4 is 4.74 Å². The first kappa shape index (κ1) is 22.1. The zero-order chi connectivity index (χ0) is 23.8. The molecular weight excluding hydrogens is 453 g/mol. The summed E-state index contributed by atoms with van der Waals surface area (Å²) in [6.45, 7) is 2.95. The van der Waals surface area contributed by atoms with Crippen LogP contribution in [0.4, 0.5) is 4.39 Å². The number of hydrogen-bond acceptors (Lipinski definition) is 4. The largest absolute Gasteiger partial charge is 0.488 e. The van der Waals surface area contributed by atoms with Crippen LogP contribution in [-0.2, 0) is 24.5 Å². The highest BCUT2D eigenvalue weighted by Gasteiger charge is 2.23. The zero-order valence-corrected chi connectivity index (χ0v) is 19.5. The molecule has 5 nitrogen and oxygen atoms in total. The first-order chi connectivity index (χ1) is 16.5. The van der Waals surface area contributed by atoms with Gasteiger partial charge in [0.05, 0.1) is 16.6 Å². The van der Waals surface area contributed by atoms with Crippen molar-refractivity contribution in [3.8, 4) is 11.8 Å². The number of nitriles is 1. The van der Waals surface area contributed by atoms with E-state index in [0.29, 0.717) is 35.1 Å². The van der Waals surface area contributed by atoms with Crippen LogP contribution in [0.15, 0.2) is 60.2 Å². The van der Waals surface area contributed by atoms with E-state index in [2.05, 4.69) is 21.7 Å². The molecule has 0 unspecified atom stereocenters. The molecule has 34 heavy (non-hydrogen) atoms. The minimum absolute atomic E-state index is 0.267. The Kier molecular flexibility index (Phi) is 5.82. The molecule has 170 valence electrons. The molecule has 0 N–H and O–H groups in total. The maximum Gasteiger partial charge on any atom is 0.136 e. The third-order valence-electron chi connectivity index (χ3n) is 6.00. The number of allylic oxidation sites excluding steroid dienone is 1. The van der Waals surface area contributed by atoms with Crippen LogP contribution in [0, 0.1) is 17.1 Å². The highest BCUT2D eigenvalue weighted by Crippen LogP contribution is 2.39. The molecule has 0 atom stereocenters. The molecule has 7 heteroatoms. The number of hydrogen-bond donors (Lipinski definition) is 0. The van der Waals surface area contributed by atoms with Crippen LogP contribution in [0.5, 0.6) is 5.75 Å². The van der Waals surface area contributed by atoms with Crippen LogP contribution in [0.2, 0.25) is 5.02 Å². The Morgan fingerprint density at radius 3 is 2.82 bits per heavy atom. The molecular formula is C27H21ClFN3O2. The maximum atomic E-state index is 13.9. The van der Waals surface area contributed by atoms with E-state index in [1.165, 1.54) is 12.1 Å². The second-order valence-corrected chi connectivity index (χ2v) is 8.59. The molecule has 2 heterocycles. The standard InChI is InChI=1S/C27H21ClFN3O2/c1-16(12-30)26-20-8-6-17(10-18(20)14-34-24-11-19(29)7-9-21(24)26)13-32-23-5-3-4-22(28)27(23)31-25(32)15-33-2/h3-11H,13-15H2,1-2H3/b26-16-. The van der Waals surface area contributed by atoms with Crippen molar-refractivity contribution in [3.63, 3.8) is 0 Å². The first-order valence-corrected chi connectivity index (χ1v) is 11.2. The van der Waals surface area contributed by atoms with Crippen molar-refractivity contribution in [3.05, 3.63) is 99.1 Å². The molecule has 1 aliphatic heterocycles. The fourth-order valence-corrected chi connectivity index (χ4v) is 4.66. The van der Waals surface area contributed by atoms with Gasteiger partial charge in [0.15, 0.2) is 0 Å². The van der Waals surface area contributed by atoms with Gasteiger partial charge in [-0.05, 0) is 53.9 Å². The third-order valence-corrected chi connectivity index (χ3v) is 6.31. The molecule has 0 amide bonds. The van der Waals surface area contributed by atoms with Crippen LogP contribution in [0.1, 0.15) is 35.0 Å².